The molecule has 0 spiro atoms. The Morgan fingerprint density at radius 3 is 2.31 bits per heavy atom. The van der Waals surface area contributed by atoms with E-state index in [4.69, 9.17) is 21.1 Å². The summed E-state index contributed by atoms with van der Waals surface area (Å²) in [6.45, 7) is 9.16. The summed E-state index contributed by atoms with van der Waals surface area (Å²) in [4.78, 5) is 0. The maximum Gasteiger partial charge on any atom is 0.180 e. The van der Waals surface area contributed by atoms with E-state index in [-0.39, 0.29) is 0 Å². The van der Waals surface area contributed by atoms with E-state index < -0.39 is 0 Å². The van der Waals surface area contributed by atoms with Gasteiger partial charge in [-0.3, -0.25) is 0 Å². The van der Waals surface area contributed by atoms with Crippen molar-refractivity contribution in [1.29, 1.82) is 0 Å². The molecule has 0 amide bonds. The summed E-state index contributed by atoms with van der Waals surface area (Å²) >= 11 is 6.54. The molecule has 0 aromatic heterocycles. The Hall–Kier alpha value is -1.71. The molecule has 2 rings (SSSR count). The van der Waals surface area contributed by atoms with Crippen molar-refractivity contribution in [2.45, 2.75) is 72.4 Å². The average molecular weight is 418 g/mol. The Bertz CT molecular complexity index is 716. The number of rotatable bonds is 14. The molecular formula is C25H36ClNO2. The van der Waals surface area contributed by atoms with Gasteiger partial charge in [-0.15, -0.1) is 0 Å². The molecule has 0 aliphatic heterocycles. The van der Waals surface area contributed by atoms with Crippen LogP contribution in [0.25, 0.3) is 0 Å². The molecule has 4 heteroatoms. The van der Waals surface area contributed by atoms with Crippen molar-refractivity contribution >= 4 is 11.6 Å². The number of hydrogen-bond acceptors (Lipinski definition) is 3. The van der Waals surface area contributed by atoms with Crippen molar-refractivity contribution in [3.05, 3.63) is 58.1 Å². The molecule has 0 bridgehead atoms. The second-order valence-corrected chi connectivity index (χ2v) is 7.96. The molecule has 0 heterocycles. The van der Waals surface area contributed by atoms with Crippen LogP contribution in [-0.4, -0.2) is 13.2 Å². The molecule has 0 atom stereocenters. The molecule has 0 radical (unpaired) electrons. The van der Waals surface area contributed by atoms with E-state index in [0.717, 1.165) is 24.2 Å². The van der Waals surface area contributed by atoms with Crippen molar-refractivity contribution in [2.75, 3.05) is 13.2 Å². The molecule has 0 saturated carbocycles. The lowest BCUT2D eigenvalue weighted by atomic mass is 10.1. The quantitative estimate of drug-likeness (QED) is 0.333. The fraction of sp³-hybridized carbons (Fsp3) is 0.520. The Morgan fingerprint density at radius 1 is 0.862 bits per heavy atom. The van der Waals surface area contributed by atoms with Crippen LogP contribution in [0.2, 0.25) is 5.02 Å². The number of nitrogens with one attached hydrogen (secondary N) is 1. The molecule has 0 aliphatic rings. The summed E-state index contributed by atoms with van der Waals surface area (Å²) in [5, 5.41) is 4.11. The van der Waals surface area contributed by atoms with Crippen LogP contribution in [0.15, 0.2) is 36.4 Å². The monoisotopic (exact) mass is 417 g/mol. The summed E-state index contributed by atoms with van der Waals surface area (Å²) < 4.78 is 11.8. The molecule has 0 fully saturated rings. The van der Waals surface area contributed by atoms with Gasteiger partial charge in [0.15, 0.2) is 11.5 Å². The van der Waals surface area contributed by atoms with E-state index >= 15 is 0 Å². The fourth-order valence-corrected chi connectivity index (χ4v) is 3.52. The molecule has 1 N–H and O–H groups in total. The van der Waals surface area contributed by atoms with Crippen LogP contribution >= 0.6 is 11.6 Å². The van der Waals surface area contributed by atoms with Crippen molar-refractivity contribution in [1.82, 2.24) is 5.32 Å². The lowest BCUT2D eigenvalue weighted by Crippen LogP contribution is -2.15. The number of hydrogen-bond donors (Lipinski definition) is 1. The van der Waals surface area contributed by atoms with Crippen molar-refractivity contribution < 1.29 is 9.47 Å². The highest BCUT2D eigenvalue weighted by atomic mass is 35.5. The van der Waals surface area contributed by atoms with Gasteiger partial charge >= 0.3 is 0 Å². The summed E-state index contributed by atoms with van der Waals surface area (Å²) in [6, 6.07) is 12.3. The first-order valence-corrected chi connectivity index (χ1v) is 11.4. The first-order valence-electron chi connectivity index (χ1n) is 11.0. The Labute approximate surface area is 181 Å². The van der Waals surface area contributed by atoms with E-state index in [2.05, 4.69) is 43.4 Å². The second kappa shape index (κ2) is 13.5. The minimum atomic E-state index is 0.468. The van der Waals surface area contributed by atoms with Gasteiger partial charge in [0.1, 0.15) is 6.61 Å². The van der Waals surface area contributed by atoms with Gasteiger partial charge < -0.3 is 14.8 Å². The van der Waals surface area contributed by atoms with Gasteiger partial charge in [0.05, 0.1) is 11.6 Å². The van der Waals surface area contributed by atoms with Crippen molar-refractivity contribution in [3.63, 3.8) is 0 Å². The molecular weight excluding hydrogens is 382 g/mol. The number of halogens is 1. The second-order valence-electron chi connectivity index (χ2n) is 7.56. The van der Waals surface area contributed by atoms with Gasteiger partial charge in [-0.1, -0.05) is 80.5 Å². The third kappa shape index (κ3) is 8.67. The Balaban J connectivity index is 1.88. The number of benzene rings is 2. The van der Waals surface area contributed by atoms with Crippen LogP contribution in [-0.2, 0) is 13.2 Å². The standard InChI is InChI=1S/C25H36ClNO2/c1-4-6-7-8-9-10-15-27-18-22-16-23(26)25(24(17-22)28-5-2)29-19-21-13-11-20(3)12-14-21/h11-14,16-17,27H,4-10,15,18-19H2,1-3H3. The van der Waals surface area contributed by atoms with E-state index in [0.29, 0.717) is 29.7 Å². The third-order valence-corrected chi connectivity index (χ3v) is 5.19. The fourth-order valence-electron chi connectivity index (χ4n) is 3.23. The molecule has 0 saturated heterocycles. The van der Waals surface area contributed by atoms with Gasteiger partial charge in [0.25, 0.3) is 0 Å². The summed E-state index contributed by atoms with van der Waals surface area (Å²) in [7, 11) is 0. The molecule has 160 valence electrons. The molecule has 0 aliphatic carbocycles. The highest BCUT2D eigenvalue weighted by molar-refractivity contribution is 6.32. The van der Waals surface area contributed by atoms with Crippen LogP contribution in [0.5, 0.6) is 11.5 Å². The third-order valence-electron chi connectivity index (χ3n) is 4.91. The summed E-state index contributed by atoms with van der Waals surface area (Å²) in [5.74, 6) is 1.33. The van der Waals surface area contributed by atoms with Gasteiger partial charge in [-0.05, 0) is 50.1 Å². The highest BCUT2D eigenvalue weighted by Crippen LogP contribution is 2.37. The predicted octanol–water partition coefficient (Wildman–Crippen LogP) is 7.08. The first-order chi connectivity index (χ1) is 14.1. The number of aryl methyl sites for hydroxylation is 1. The SMILES string of the molecule is CCCCCCCCNCc1cc(Cl)c(OCc2ccc(C)cc2)c(OCC)c1. The van der Waals surface area contributed by atoms with E-state index in [1.807, 2.05) is 19.1 Å². The van der Waals surface area contributed by atoms with Crippen molar-refractivity contribution in [2.24, 2.45) is 0 Å². The number of ether oxygens (including phenoxy) is 2. The number of unbranched alkanes of at least 4 members (excludes halogenated alkanes) is 5. The van der Waals surface area contributed by atoms with Crippen LogP contribution in [0.1, 0.15) is 69.1 Å². The smallest absolute Gasteiger partial charge is 0.180 e. The van der Waals surface area contributed by atoms with E-state index in [1.165, 1.54) is 44.1 Å². The van der Waals surface area contributed by atoms with Gasteiger partial charge in [-0.2, -0.15) is 0 Å². The molecule has 0 unspecified atom stereocenters. The van der Waals surface area contributed by atoms with Crippen LogP contribution < -0.4 is 14.8 Å². The minimum Gasteiger partial charge on any atom is -0.490 e. The zero-order valence-corrected chi connectivity index (χ0v) is 19.0. The van der Waals surface area contributed by atoms with Gasteiger partial charge in [0.2, 0.25) is 0 Å². The normalized spacial score (nSPS) is 10.9. The lowest BCUT2D eigenvalue weighted by Gasteiger charge is -2.16. The van der Waals surface area contributed by atoms with Crippen LogP contribution in [0.4, 0.5) is 0 Å². The largest absolute Gasteiger partial charge is 0.490 e. The highest BCUT2D eigenvalue weighted by Gasteiger charge is 2.13. The summed E-state index contributed by atoms with van der Waals surface area (Å²) in [6.07, 6.45) is 7.85. The zero-order chi connectivity index (χ0) is 20.9. The Kier molecular flexibility index (Phi) is 11.0. The molecule has 2 aromatic rings. The minimum absolute atomic E-state index is 0.468. The molecule has 29 heavy (non-hydrogen) atoms. The molecule has 3 nitrogen and oxygen atoms in total. The first kappa shape index (κ1) is 23.6. The van der Waals surface area contributed by atoms with Crippen LogP contribution in [0.3, 0.4) is 0 Å². The zero-order valence-electron chi connectivity index (χ0n) is 18.2. The van der Waals surface area contributed by atoms with E-state index in [1.54, 1.807) is 0 Å². The maximum atomic E-state index is 6.54. The van der Waals surface area contributed by atoms with E-state index in [9.17, 15) is 0 Å². The van der Waals surface area contributed by atoms with Crippen LogP contribution in [0, 0.1) is 6.92 Å². The van der Waals surface area contributed by atoms with Gasteiger partial charge in [0, 0.05) is 6.54 Å². The lowest BCUT2D eigenvalue weighted by molar-refractivity contribution is 0.269. The average Bonchev–Trinajstić information content (AvgIpc) is 2.71. The van der Waals surface area contributed by atoms with Crippen molar-refractivity contribution in [3.8, 4) is 11.5 Å². The molecule has 2 aromatic carbocycles. The Morgan fingerprint density at radius 2 is 1.59 bits per heavy atom. The van der Waals surface area contributed by atoms with Gasteiger partial charge in [-0.25, -0.2) is 0 Å². The maximum absolute atomic E-state index is 6.54. The topological polar surface area (TPSA) is 30.5 Å². The predicted molar refractivity (Wildman–Crippen MR) is 123 cm³/mol. The summed E-state index contributed by atoms with van der Waals surface area (Å²) in [5.41, 5.74) is 3.46.